The molecule has 1 saturated heterocycles. The molecule has 0 spiro atoms. The van der Waals surface area contributed by atoms with E-state index in [0.29, 0.717) is 23.6 Å². The maximum atomic E-state index is 13.4. The molecule has 3 aromatic rings. The molecule has 1 fully saturated rings. The lowest BCUT2D eigenvalue weighted by Gasteiger charge is -2.23. The summed E-state index contributed by atoms with van der Waals surface area (Å²) in [5, 5.41) is 0. The molecular weight excluding hydrogens is 510 g/mol. The van der Waals surface area contributed by atoms with E-state index < -0.39 is 0 Å². The van der Waals surface area contributed by atoms with Crippen molar-refractivity contribution in [1.82, 2.24) is 9.55 Å². The van der Waals surface area contributed by atoms with E-state index >= 15 is 0 Å². The Labute approximate surface area is 193 Å². The molecule has 0 aliphatic carbocycles. The van der Waals surface area contributed by atoms with Crippen molar-refractivity contribution in [2.45, 2.75) is 25.8 Å². The van der Waals surface area contributed by atoms with Crippen LogP contribution in [0.15, 0.2) is 59.8 Å². The Morgan fingerprint density at radius 1 is 1.13 bits per heavy atom. The van der Waals surface area contributed by atoms with Crippen LogP contribution >= 0.6 is 22.6 Å². The van der Waals surface area contributed by atoms with E-state index in [0.717, 1.165) is 35.3 Å². The van der Waals surface area contributed by atoms with Crippen LogP contribution in [-0.4, -0.2) is 28.5 Å². The number of carbonyl (C=O) groups excluding carboxylic acids is 1. The lowest BCUT2D eigenvalue weighted by Crippen LogP contribution is -2.25. The number of rotatable bonds is 6. The van der Waals surface area contributed by atoms with Crippen LogP contribution in [0.25, 0.3) is 11.1 Å². The summed E-state index contributed by atoms with van der Waals surface area (Å²) in [6, 6.07) is 9.47. The second kappa shape index (κ2) is 9.82. The van der Waals surface area contributed by atoms with Crippen LogP contribution in [0.1, 0.15) is 28.8 Å². The molecule has 0 atom stereocenters. The van der Waals surface area contributed by atoms with Crippen LogP contribution in [0.2, 0.25) is 0 Å². The topological polar surface area (TPSA) is 61.2 Å². The van der Waals surface area contributed by atoms with Crippen molar-refractivity contribution in [3.8, 4) is 11.1 Å². The fraction of sp³-hybridized carbons (Fsp3) is 0.292. The highest BCUT2D eigenvalue weighted by molar-refractivity contribution is 14.1. The minimum Gasteiger partial charge on any atom is -0.381 e. The van der Waals surface area contributed by atoms with Gasteiger partial charge in [0.1, 0.15) is 9.52 Å². The van der Waals surface area contributed by atoms with Gasteiger partial charge in [-0.3, -0.25) is 14.6 Å². The number of nitrogens with zero attached hydrogens (tertiary/aromatic N) is 2. The van der Waals surface area contributed by atoms with Gasteiger partial charge < -0.3 is 9.30 Å². The van der Waals surface area contributed by atoms with Gasteiger partial charge in [-0.2, -0.15) is 0 Å². The van der Waals surface area contributed by atoms with E-state index in [4.69, 9.17) is 4.74 Å². The molecule has 7 heteroatoms. The molecule has 3 heterocycles. The van der Waals surface area contributed by atoms with Gasteiger partial charge in [-0.15, -0.1) is 0 Å². The summed E-state index contributed by atoms with van der Waals surface area (Å²) in [4.78, 5) is 30.5. The number of halogens is 2. The largest absolute Gasteiger partial charge is 0.381 e. The molecule has 0 N–H and O–H groups in total. The molecule has 0 radical (unpaired) electrons. The second-order valence-corrected chi connectivity index (χ2v) is 8.87. The predicted octanol–water partition coefficient (Wildman–Crippen LogP) is 4.51. The van der Waals surface area contributed by atoms with Crippen molar-refractivity contribution < 1.29 is 13.9 Å². The van der Waals surface area contributed by atoms with Gasteiger partial charge in [0.15, 0.2) is 11.2 Å². The number of Topliss-reactive ketones (excluding diaryl/α,β-unsaturated/α-hetero) is 1. The van der Waals surface area contributed by atoms with Gasteiger partial charge >= 0.3 is 0 Å². The number of ketones is 1. The second-order valence-electron chi connectivity index (χ2n) is 7.76. The highest BCUT2D eigenvalue weighted by Gasteiger charge is 2.19. The first-order valence-corrected chi connectivity index (χ1v) is 11.3. The summed E-state index contributed by atoms with van der Waals surface area (Å²) in [7, 11) is 0. The molecule has 0 saturated carbocycles. The Morgan fingerprint density at radius 3 is 2.55 bits per heavy atom. The molecule has 4 rings (SSSR count). The van der Waals surface area contributed by atoms with Crippen LogP contribution in [0.3, 0.4) is 0 Å². The van der Waals surface area contributed by atoms with Gasteiger partial charge in [0, 0.05) is 50.3 Å². The number of pyridine rings is 2. The number of hydrogen-bond donors (Lipinski definition) is 0. The first-order chi connectivity index (χ1) is 15.0. The van der Waals surface area contributed by atoms with E-state index in [1.807, 2.05) is 16.7 Å². The zero-order valence-corrected chi connectivity index (χ0v) is 19.0. The molecule has 1 aliphatic heterocycles. The van der Waals surface area contributed by atoms with Crippen molar-refractivity contribution >= 4 is 28.4 Å². The number of benzene rings is 1. The third-order valence-corrected chi connectivity index (χ3v) is 6.14. The Balaban J connectivity index is 1.71. The Morgan fingerprint density at radius 2 is 1.87 bits per heavy atom. The molecule has 0 amide bonds. The van der Waals surface area contributed by atoms with Crippen LogP contribution in [0.5, 0.6) is 0 Å². The summed E-state index contributed by atoms with van der Waals surface area (Å²) in [5.41, 5.74) is 1.56. The molecule has 160 valence electrons. The van der Waals surface area contributed by atoms with Crippen molar-refractivity contribution in [3.05, 3.63) is 85.9 Å². The minimum atomic E-state index is -0.371. The first-order valence-electron chi connectivity index (χ1n) is 10.2. The lowest BCUT2D eigenvalue weighted by molar-refractivity contribution is 0.0612. The Bertz CT molecular complexity index is 1120. The summed E-state index contributed by atoms with van der Waals surface area (Å²) < 4.78 is 21.6. The number of aromatic nitrogens is 2. The van der Waals surface area contributed by atoms with E-state index in [2.05, 4.69) is 27.6 Å². The minimum absolute atomic E-state index is 0.100. The van der Waals surface area contributed by atoms with Crippen LogP contribution in [-0.2, 0) is 17.7 Å². The lowest BCUT2D eigenvalue weighted by atomic mass is 9.98. The van der Waals surface area contributed by atoms with Crippen LogP contribution in [0, 0.1) is 15.4 Å². The standard InChI is InChI=1S/C24H22FIN2O3/c25-19-4-2-18(3-5-19)20-14-28(13-16-7-9-31-10-8-16)15-21(24(20)30)22(29)11-17-1-6-23(26)27-12-17/h1-6,12,14-16H,7-11,13H2. The molecular formula is C24H22FIN2O3. The van der Waals surface area contributed by atoms with Crippen molar-refractivity contribution in [2.24, 2.45) is 5.92 Å². The predicted molar refractivity (Wildman–Crippen MR) is 125 cm³/mol. The van der Waals surface area contributed by atoms with E-state index in [1.165, 1.54) is 12.1 Å². The van der Waals surface area contributed by atoms with Crippen LogP contribution < -0.4 is 5.43 Å². The third-order valence-electron chi connectivity index (χ3n) is 5.50. The maximum Gasteiger partial charge on any atom is 0.200 e. The summed E-state index contributed by atoms with van der Waals surface area (Å²) in [6.07, 6.45) is 7.07. The zero-order valence-electron chi connectivity index (χ0n) is 16.9. The molecule has 1 aliphatic rings. The van der Waals surface area contributed by atoms with E-state index in [1.54, 1.807) is 30.7 Å². The van der Waals surface area contributed by atoms with Crippen molar-refractivity contribution in [3.63, 3.8) is 0 Å². The molecule has 31 heavy (non-hydrogen) atoms. The molecule has 2 aromatic heterocycles. The fourth-order valence-corrected chi connectivity index (χ4v) is 4.11. The quantitative estimate of drug-likeness (QED) is 0.267. The van der Waals surface area contributed by atoms with Crippen molar-refractivity contribution in [1.29, 1.82) is 0 Å². The van der Waals surface area contributed by atoms with Gasteiger partial charge in [0.25, 0.3) is 0 Å². The Kier molecular flexibility index (Phi) is 6.92. The van der Waals surface area contributed by atoms with E-state index in [9.17, 15) is 14.0 Å². The monoisotopic (exact) mass is 532 g/mol. The van der Waals surface area contributed by atoms with Gasteiger partial charge in [-0.1, -0.05) is 18.2 Å². The molecule has 0 unspecified atom stereocenters. The molecule has 1 aromatic carbocycles. The average Bonchev–Trinajstić information content (AvgIpc) is 2.78. The highest BCUT2D eigenvalue weighted by atomic mass is 127. The van der Waals surface area contributed by atoms with Crippen LogP contribution in [0.4, 0.5) is 4.39 Å². The summed E-state index contributed by atoms with van der Waals surface area (Å²) in [6.45, 7) is 2.14. The highest BCUT2D eigenvalue weighted by Crippen LogP contribution is 2.21. The molecule has 5 nitrogen and oxygen atoms in total. The van der Waals surface area contributed by atoms with Gasteiger partial charge in [0.05, 0.1) is 5.56 Å². The van der Waals surface area contributed by atoms with Gasteiger partial charge in [-0.25, -0.2) is 4.39 Å². The zero-order chi connectivity index (χ0) is 21.8. The maximum absolute atomic E-state index is 13.4. The van der Waals surface area contributed by atoms with Gasteiger partial charge in [-0.05, 0) is 70.7 Å². The normalized spacial score (nSPS) is 14.5. The number of ether oxygens (including phenoxy) is 1. The SMILES string of the molecule is O=C(Cc1ccc(I)nc1)c1cn(CC2CCOCC2)cc(-c2ccc(F)cc2)c1=O. The summed E-state index contributed by atoms with van der Waals surface area (Å²) in [5.74, 6) is -0.205. The number of carbonyl (C=O) groups is 1. The number of hydrogen-bond acceptors (Lipinski definition) is 4. The summed E-state index contributed by atoms with van der Waals surface area (Å²) >= 11 is 2.11. The Hall–Kier alpha value is -2.39. The third kappa shape index (κ3) is 5.46. The average molecular weight is 532 g/mol. The van der Waals surface area contributed by atoms with Crippen molar-refractivity contribution in [2.75, 3.05) is 13.2 Å². The smallest absolute Gasteiger partial charge is 0.200 e. The fourth-order valence-electron chi connectivity index (χ4n) is 3.79. The first kappa shape index (κ1) is 21.8. The molecule has 0 bridgehead atoms. The van der Waals surface area contributed by atoms with Gasteiger partial charge in [0.2, 0.25) is 0 Å². The van der Waals surface area contributed by atoms with E-state index in [-0.39, 0.29) is 29.0 Å².